The summed E-state index contributed by atoms with van der Waals surface area (Å²) >= 11 is 0.323. The van der Waals surface area contributed by atoms with Gasteiger partial charge in [-0.15, -0.1) is 0 Å². The monoisotopic (exact) mass is 338 g/mol. The van der Waals surface area contributed by atoms with Crippen LogP contribution in [0.15, 0.2) is 91.0 Å². The fraction of sp³-hybridized carbons (Fsp3) is 0. The van der Waals surface area contributed by atoms with Crippen LogP contribution in [0.3, 0.4) is 0 Å². The van der Waals surface area contributed by atoms with E-state index < -0.39 is 7.14 Å². The summed E-state index contributed by atoms with van der Waals surface area (Å²) in [6, 6.07) is 27.7. The highest BCUT2D eigenvalue weighted by molar-refractivity contribution is 8.04. The number of hydrogen-bond donors (Lipinski definition) is 0. The van der Waals surface area contributed by atoms with E-state index in [9.17, 15) is 8.77 Å². The van der Waals surface area contributed by atoms with Crippen LogP contribution in [0.2, 0.25) is 0 Å². The molecule has 0 spiro atoms. The topological polar surface area (TPSA) is 34.1 Å². The van der Waals surface area contributed by atoms with Gasteiger partial charge < -0.3 is 4.57 Å². The Hall–Kier alpha value is -2.22. The molecule has 114 valence electrons. The Morgan fingerprint density at radius 1 is 0.652 bits per heavy atom. The fourth-order valence-corrected chi connectivity index (χ4v) is 6.27. The van der Waals surface area contributed by atoms with Crippen molar-refractivity contribution < 1.29 is 8.77 Å². The van der Waals surface area contributed by atoms with Crippen LogP contribution in [0.4, 0.5) is 0 Å². The van der Waals surface area contributed by atoms with Gasteiger partial charge in [0.2, 0.25) is 0 Å². The van der Waals surface area contributed by atoms with Gasteiger partial charge in [0.25, 0.3) is 0 Å². The molecule has 0 aliphatic carbocycles. The van der Waals surface area contributed by atoms with Gasteiger partial charge in [-0.2, -0.15) is 0 Å². The molecule has 0 fully saturated rings. The summed E-state index contributed by atoms with van der Waals surface area (Å²) in [7, 11) is -3.19. The first kappa shape index (κ1) is 15.7. The van der Waals surface area contributed by atoms with E-state index in [1.807, 2.05) is 91.0 Å². The summed E-state index contributed by atoms with van der Waals surface area (Å²) in [6.07, 6.45) is 0. The average Bonchev–Trinajstić information content (AvgIpc) is 2.64. The predicted molar refractivity (Wildman–Crippen MR) is 98.5 cm³/mol. The Morgan fingerprint density at radius 2 is 1.04 bits per heavy atom. The van der Waals surface area contributed by atoms with E-state index in [2.05, 4.69) is 0 Å². The lowest BCUT2D eigenvalue weighted by Gasteiger charge is -2.20. The quantitative estimate of drug-likeness (QED) is 0.540. The van der Waals surface area contributed by atoms with Gasteiger partial charge in [0.05, 0.1) is 0 Å². The van der Waals surface area contributed by atoms with E-state index >= 15 is 0 Å². The molecule has 0 heterocycles. The smallest absolute Gasteiger partial charge is 0.184 e. The standard InChI is InChI=1S/C19H15O2PS/c20-22(17-12-6-2-7-13-17,18-14-8-3-9-15-18)19(23-21)16-10-4-1-5-11-16/h1-15H. The van der Waals surface area contributed by atoms with Crippen molar-refractivity contribution in [2.45, 2.75) is 0 Å². The van der Waals surface area contributed by atoms with Crippen molar-refractivity contribution in [3.05, 3.63) is 96.6 Å². The first-order chi connectivity index (χ1) is 11.3. The highest BCUT2D eigenvalue weighted by atomic mass is 32.1. The molecule has 3 aromatic rings. The Balaban J connectivity index is 2.29. The van der Waals surface area contributed by atoms with E-state index in [0.29, 0.717) is 32.0 Å². The maximum Gasteiger partial charge on any atom is 0.184 e. The number of benzene rings is 3. The highest BCUT2D eigenvalue weighted by Gasteiger charge is 2.34. The van der Waals surface area contributed by atoms with Gasteiger partial charge in [-0.1, -0.05) is 91.0 Å². The van der Waals surface area contributed by atoms with Gasteiger partial charge in [0.15, 0.2) is 7.14 Å². The maximum atomic E-state index is 14.1. The van der Waals surface area contributed by atoms with E-state index in [1.54, 1.807) is 0 Å². The largest absolute Gasteiger partial charge is 0.308 e. The van der Waals surface area contributed by atoms with Gasteiger partial charge in [0, 0.05) is 10.6 Å². The first-order valence-corrected chi connectivity index (χ1v) is 9.65. The molecule has 4 heteroatoms. The zero-order valence-corrected chi connectivity index (χ0v) is 14.0. The first-order valence-electron chi connectivity index (χ1n) is 7.21. The van der Waals surface area contributed by atoms with Crippen LogP contribution >= 0.6 is 7.14 Å². The molecule has 0 bridgehead atoms. The zero-order valence-electron chi connectivity index (χ0n) is 12.3. The van der Waals surface area contributed by atoms with E-state index in [0.717, 1.165) is 0 Å². The minimum absolute atomic E-state index is 0.323. The molecule has 2 nitrogen and oxygen atoms in total. The van der Waals surface area contributed by atoms with Gasteiger partial charge in [-0.3, -0.25) is 0 Å². The molecule has 0 amide bonds. The van der Waals surface area contributed by atoms with Gasteiger partial charge in [0.1, 0.15) is 15.9 Å². The molecule has 0 unspecified atom stereocenters. The Bertz CT molecular complexity index is 843. The Kier molecular flexibility index (Phi) is 4.71. The summed E-state index contributed by atoms with van der Waals surface area (Å²) < 4.78 is 26.4. The molecule has 0 radical (unpaired) electrons. The predicted octanol–water partition coefficient (Wildman–Crippen LogP) is 3.39. The summed E-state index contributed by atoms with van der Waals surface area (Å²) in [4.78, 5) is 0. The van der Waals surface area contributed by atoms with Gasteiger partial charge in [-0.25, -0.2) is 4.21 Å². The van der Waals surface area contributed by atoms with Crippen LogP contribution in [-0.4, -0.2) is 8.81 Å². The third kappa shape index (κ3) is 2.98. The minimum Gasteiger partial charge on any atom is -0.308 e. The third-order valence-electron chi connectivity index (χ3n) is 3.63. The lowest BCUT2D eigenvalue weighted by atomic mass is 10.2. The molecule has 0 N–H and O–H groups in total. The van der Waals surface area contributed by atoms with Crippen LogP contribution in [0.5, 0.6) is 0 Å². The molecule has 0 aliphatic rings. The molecular formula is C19H15O2PS. The second-order valence-corrected chi connectivity index (χ2v) is 8.61. The zero-order chi connectivity index (χ0) is 16.1. The molecular weight excluding hydrogens is 323 g/mol. The Morgan fingerprint density at radius 3 is 1.43 bits per heavy atom. The summed E-state index contributed by atoms with van der Waals surface area (Å²) in [6.45, 7) is 0. The summed E-state index contributed by atoms with van der Waals surface area (Å²) in [5.74, 6) is 0. The minimum atomic E-state index is -3.19. The molecule has 0 saturated heterocycles. The lowest BCUT2D eigenvalue weighted by Crippen LogP contribution is -2.23. The average molecular weight is 338 g/mol. The second-order valence-electron chi connectivity index (χ2n) is 5.03. The van der Waals surface area contributed by atoms with Crippen LogP contribution in [0, 0.1) is 0 Å². The lowest BCUT2D eigenvalue weighted by molar-refractivity contribution is 0.594. The molecule has 0 saturated carbocycles. The maximum absolute atomic E-state index is 14.1. The molecule has 3 aromatic carbocycles. The number of hydrogen-bond acceptors (Lipinski definition) is 2. The number of rotatable bonds is 4. The van der Waals surface area contributed by atoms with Crippen LogP contribution in [-0.2, 0) is 15.8 Å². The summed E-state index contributed by atoms with van der Waals surface area (Å²) in [5.41, 5.74) is 0.712. The van der Waals surface area contributed by atoms with E-state index in [1.165, 1.54) is 0 Å². The van der Waals surface area contributed by atoms with Crippen molar-refractivity contribution in [1.29, 1.82) is 0 Å². The van der Waals surface area contributed by atoms with Crippen molar-refractivity contribution in [2.24, 2.45) is 0 Å². The van der Waals surface area contributed by atoms with Crippen LogP contribution in [0.1, 0.15) is 5.56 Å². The van der Waals surface area contributed by atoms with Crippen LogP contribution < -0.4 is 10.6 Å². The van der Waals surface area contributed by atoms with Crippen molar-refractivity contribution >= 4 is 33.6 Å². The van der Waals surface area contributed by atoms with Crippen molar-refractivity contribution in [2.75, 3.05) is 0 Å². The van der Waals surface area contributed by atoms with E-state index in [4.69, 9.17) is 0 Å². The van der Waals surface area contributed by atoms with Gasteiger partial charge >= 0.3 is 0 Å². The van der Waals surface area contributed by atoms with E-state index in [-0.39, 0.29) is 0 Å². The molecule has 0 aromatic heterocycles. The van der Waals surface area contributed by atoms with Crippen LogP contribution in [0.25, 0.3) is 0 Å². The van der Waals surface area contributed by atoms with Crippen molar-refractivity contribution in [3.8, 4) is 0 Å². The van der Waals surface area contributed by atoms with Crippen molar-refractivity contribution in [3.63, 3.8) is 0 Å². The normalized spacial score (nSPS) is 11.0. The summed E-state index contributed by atoms with van der Waals surface area (Å²) in [5, 5.41) is 1.35. The SMILES string of the molecule is O=S=C(c1ccccc1)P(=O)(c1ccccc1)c1ccccc1. The Labute approximate surface area is 139 Å². The van der Waals surface area contributed by atoms with Gasteiger partial charge in [-0.05, 0) is 5.56 Å². The molecule has 23 heavy (non-hydrogen) atoms. The highest BCUT2D eigenvalue weighted by Crippen LogP contribution is 2.46. The molecule has 0 aliphatic heterocycles. The second kappa shape index (κ2) is 6.91. The molecule has 0 atom stereocenters. The molecule has 3 rings (SSSR count). The van der Waals surface area contributed by atoms with Crippen molar-refractivity contribution in [1.82, 2.24) is 0 Å². The fourth-order valence-electron chi connectivity index (χ4n) is 2.52. The third-order valence-corrected chi connectivity index (χ3v) is 7.89.